The van der Waals surface area contributed by atoms with Crippen molar-refractivity contribution in [3.8, 4) is 5.75 Å². The number of esters is 1. The van der Waals surface area contributed by atoms with Crippen molar-refractivity contribution in [3.63, 3.8) is 0 Å². The molecule has 6 heteroatoms. The summed E-state index contributed by atoms with van der Waals surface area (Å²) < 4.78 is 15.3. The largest absolute Gasteiger partial charge is 0.482 e. The molecule has 6 nitrogen and oxygen atoms in total. The van der Waals surface area contributed by atoms with E-state index in [-0.39, 0.29) is 19.0 Å². The average Bonchev–Trinajstić information content (AvgIpc) is 3.10. The van der Waals surface area contributed by atoms with Gasteiger partial charge in [0.05, 0.1) is 0 Å². The molecule has 0 radical (unpaired) electrons. The fourth-order valence-electron chi connectivity index (χ4n) is 2.28. The van der Waals surface area contributed by atoms with Crippen molar-refractivity contribution in [2.75, 3.05) is 6.61 Å². The number of benzene rings is 2. The number of carbonyl (C=O) groups is 2. The summed E-state index contributed by atoms with van der Waals surface area (Å²) in [5.74, 6) is 0.538. The first-order chi connectivity index (χ1) is 12.6. The van der Waals surface area contributed by atoms with E-state index in [4.69, 9.17) is 14.0 Å². The number of hydrogen-bond acceptors (Lipinski definition) is 6. The minimum absolute atomic E-state index is 0.0318. The molecule has 0 saturated heterocycles. The van der Waals surface area contributed by atoms with Crippen LogP contribution in [0.25, 0.3) is 0 Å². The zero-order chi connectivity index (χ0) is 18.4. The van der Waals surface area contributed by atoms with Crippen LogP contribution >= 0.6 is 0 Å². The second-order valence-electron chi connectivity index (χ2n) is 5.60. The first-order valence-electron chi connectivity index (χ1n) is 8.02. The number of carbonyl (C=O) groups excluding carboxylic acids is 2. The van der Waals surface area contributed by atoms with Gasteiger partial charge in [-0.3, -0.25) is 4.79 Å². The number of ether oxygens (including phenoxy) is 2. The number of ketones is 1. The Hall–Kier alpha value is -3.41. The zero-order valence-electron chi connectivity index (χ0n) is 14.2. The third kappa shape index (κ3) is 4.57. The monoisotopic (exact) mass is 351 g/mol. The predicted octanol–water partition coefficient (Wildman–Crippen LogP) is 3.34. The van der Waals surface area contributed by atoms with E-state index in [9.17, 15) is 9.59 Å². The Bertz CT molecular complexity index is 884. The van der Waals surface area contributed by atoms with Crippen LogP contribution in [0.4, 0.5) is 0 Å². The van der Waals surface area contributed by atoms with Gasteiger partial charge in [0, 0.05) is 17.2 Å². The lowest BCUT2D eigenvalue weighted by Crippen LogP contribution is -2.14. The smallest absolute Gasteiger partial charge is 0.344 e. The Kier molecular flexibility index (Phi) is 5.43. The van der Waals surface area contributed by atoms with Crippen molar-refractivity contribution >= 4 is 11.8 Å². The lowest BCUT2D eigenvalue weighted by molar-refractivity contribution is -0.147. The fourth-order valence-corrected chi connectivity index (χ4v) is 2.28. The maximum Gasteiger partial charge on any atom is 0.344 e. The molecule has 1 aromatic heterocycles. The van der Waals surface area contributed by atoms with Crippen LogP contribution in [0.2, 0.25) is 0 Å². The summed E-state index contributed by atoms with van der Waals surface area (Å²) in [5.41, 5.74) is 1.71. The van der Waals surface area contributed by atoms with Crippen LogP contribution in [0, 0.1) is 6.92 Å². The molecular weight excluding hydrogens is 334 g/mol. The van der Waals surface area contributed by atoms with Crippen LogP contribution in [-0.4, -0.2) is 23.5 Å². The minimum atomic E-state index is -0.518. The molecule has 0 amide bonds. The first-order valence-corrected chi connectivity index (χ1v) is 8.02. The predicted molar refractivity (Wildman–Crippen MR) is 92.8 cm³/mol. The quantitative estimate of drug-likeness (QED) is 0.480. The molecule has 0 aliphatic heterocycles. The van der Waals surface area contributed by atoms with E-state index in [2.05, 4.69) is 5.16 Å². The molecule has 0 aliphatic rings. The van der Waals surface area contributed by atoms with Crippen molar-refractivity contribution in [1.82, 2.24) is 5.16 Å². The number of aryl methyl sites for hydroxylation is 1. The maximum atomic E-state index is 12.3. The minimum Gasteiger partial charge on any atom is -0.482 e. The van der Waals surface area contributed by atoms with Crippen molar-refractivity contribution in [2.24, 2.45) is 0 Å². The molecule has 3 rings (SSSR count). The van der Waals surface area contributed by atoms with Gasteiger partial charge in [0.15, 0.2) is 12.4 Å². The molecule has 26 heavy (non-hydrogen) atoms. The van der Waals surface area contributed by atoms with Gasteiger partial charge in [-0.05, 0) is 31.2 Å². The molecule has 0 unspecified atom stereocenters. The molecule has 0 N–H and O–H groups in total. The van der Waals surface area contributed by atoms with Crippen LogP contribution in [0.5, 0.6) is 5.75 Å². The molecule has 2 aromatic carbocycles. The third-order valence-corrected chi connectivity index (χ3v) is 3.57. The number of nitrogens with zero attached hydrogens (tertiary/aromatic N) is 1. The van der Waals surface area contributed by atoms with E-state index >= 15 is 0 Å². The molecule has 0 aliphatic carbocycles. The van der Waals surface area contributed by atoms with Crippen molar-refractivity contribution in [3.05, 3.63) is 83.2 Å². The van der Waals surface area contributed by atoms with Crippen molar-refractivity contribution in [1.29, 1.82) is 0 Å². The molecular formula is C20H17NO5. The Morgan fingerprint density at radius 1 is 1.00 bits per heavy atom. The molecule has 0 bridgehead atoms. The van der Waals surface area contributed by atoms with Crippen LogP contribution in [0.1, 0.15) is 27.4 Å². The molecule has 3 aromatic rings. The maximum absolute atomic E-state index is 12.3. The summed E-state index contributed by atoms with van der Waals surface area (Å²) >= 11 is 0. The highest BCUT2D eigenvalue weighted by Gasteiger charge is 2.10. The number of hydrogen-bond donors (Lipinski definition) is 0. The van der Waals surface area contributed by atoms with Gasteiger partial charge in [0.25, 0.3) is 0 Å². The van der Waals surface area contributed by atoms with Crippen LogP contribution in [0.3, 0.4) is 0 Å². The highest BCUT2D eigenvalue weighted by Crippen LogP contribution is 2.15. The van der Waals surface area contributed by atoms with Gasteiger partial charge in [-0.2, -0.15) is 0 Å². The summed E-state index contributed by atoms with van der Waals surface area (Å²) in [6.07, 6.45) is 0. The SMILES string of the molecule is Cc1cc(COC(=O)COc2ccc(C(=O)c3ccccc3)cc2)no1. The van der Waals surface area contributed by atoms with Crippen LogP contribution in [-0.2, 0) is 16.1 Å². The highest BCUT2D eigenvalue weighted by atomic mass is 16.6. The standard InChI is InChI=1S/C20H17NO5/c1-14-11-17(21-26-14)12-25-19(22)13-24-18-9-7-16(8-10-18)20(23)15-5-3-2-4-6-15/h2-11H,12-13H2,1H3. The van der Waals surface area contributed by atoms with Crippen LogP contribution < -0.4 is 4.74 Å². The normalized spacial score (nSPS) is 10.3. The van der Waals surface area contributed by atoms with E-state index in [0.717, 1.165) is 0 Å². The van der Waals surface area contributed by atoms with E-state index in [0.29, 0.717) is 28.3 Å². The van der Waals surface area contributed by atoms with E-state index < -0.39 is 5.97 Å². The molecule has 0 saturated carbocycles. The van der Waals surface area contributed by atoms with Crippen molar-refractivity contribution < 1.29 is 23.6 Å². The first kappa shape index (κ1) is 17.4. The summed E-state index contributed by atoms with van der Waals surface area (Å²) in [6, 6.07) is 17.3. The molecule has 0 fully saturated rings. The number of aromatic nitrogens is 1. The lowest BCUT2D eigenvalue weighted by atomic mass is 10.0. The van der Waals surface area contributed by atoms with E-state index in [1.54, 1.807) is 49.4 Å². The van der Waals surface area contributed by atoms with Crippen LogP contribution in [0.15, 0.2) is 65.2 Å². The van der Waals surface area contributed by atoms with Crippen molar-refractivity contribution in [2.45, 2.75) is 13.5 Å². The third-order valence-electron chi connectivity index (χ3n) is 3.57. The van der Waals surface area contributed by atoms with Gasteiger partial charge in [-0.25, -0.2) is 4.79 Å². The highest BCUT2D eigenvalue weighted by molar-refractivity contribution is 6.08. The Labute approximate surface area is 150 Å². The molecule has 0 atom stereocenters. The second-order valence-corrected chi connectivity index (χ2v) is 5.60. The Balaban J connectivity index is 1.49. The Morgan fingerprint density at radius 3 is 2.35 bits per heavy atom. The molecule has 132 valence electrons. The van der Waals surface area contributed by atoms with E-state index in [1.807, 2.05) is 18.2 Å². The Morgan fingerprint density at radius 2 is 1.69 bits per heavy atom. The average molecular weight is 351 g/mol. The number of rotatable bonds is 7. The fraction of sp³-hybridized carbons (Fsp3) is 0.150. The summed E-state index contributed by atoms with van der Waals surface area (Å²) in [4.78, 5) is 24.0. The lowest BCUT2D eigenvalue weighted by Gasteiger charge is -2.07. The summed E-state index contributed by atoms with van der Waals surface area (Å²) in [6.45, 7) is 1.56. The van der Waals surface area contributed by atoms with Gasteiger partial charge in [0.2, 0.25) is 0 Å². The van der Waals surface area contributed by atoms with Gasteiger partial charge >= 0.3 is 5.97 Å². The van der Waals surface area contributed by atoms with Gasteiger partial charge in [0.1, 0.15) is 23.8 Å². The molecule has 0 spiro atoms. The zero-order valence-corrected chi connectivity index (χ0v) is 14.2. The topological polar surface area (TPSA) is 78.6 Å². The van der Waals surface area contributed by atoms with Gasteiger partial charge in [-0.1, -0.05) is 35.5 Å². The summed E-state index contributed by atoms with van der Waals surface area (Å²) in [7, 11) is 0. The summed E-state index contributed by atoms with van der Waals surface area (Å²) in [5, 5.41) is 3.73. The van der Waals surface area contributed by atoms with E-state index in [1.165, 1.54) is 0 Å². The van der Waals surface area contributed by atoms with Gasteiger partial charge < -0.3 is 14.0 Å². The molecule has 1 heterocycles. The van der Waals surface area contributed by atoms with Gasteiger partial charge in [-0.15, -0.1) is 0 Å². The second kappa shape index (κ2) is 8.11.